The third-order valence-corrected chi connectivity index (χ3v) is 4.85. The van der Waals surface area contributed by atoms with Crippen LogP contribution in [0.1, 0.15) is 42.1 Å². The lowest BCUT2D eigenvalue weighted by Gasteiger charge is -2.18. The van der Waals surface area contributed by atoms with Gasteiger partial charge in [-0.3, -0.25) is 0 Å². The quantitative estimate of drug-likeness (QED) is 0.933. The highest BCUT2D eigenvalue weighted by Gasteiger charge is 2.23. The van der Waals surface area contributed by atoms with Crippen molar-refractivity contribution < 1.29 is 4.42 Å². The Morgan fingerprint density at radius 1 is 1.58 bits per heavy atom. The second kappa shape index (κ2) is 5.35. The van der Waals surface area contributed by atoms with Gasteiger partial charge in [-0.2, -0.15) is 0 Å². The van der Waals surface area contributed by atoms with Crippen LogP contribution in [-0.2, 0) is 13.0 Å². The fraction of sp³-hybridized carbons (Fsp3) is 0.500. The van der Waals surface area contributed by atoms with Gasteiger partial charge in [0, 0.05) is 17.5 Å². The summed E-state index contributed by atoms with van der Waals surface area (Å²) in [6.07, 6.45) is 5.02. The third kappa shape index (κ3) is 2.53. The number of nitrogens with zero attached hydrogens (tertiary/aromatic N) is 2. The molecule has 0 bridgehead atoms. The first-order chi connectivity index (χ1) is 9.28. The fourth-order valence-corrected chi connectivity index (χ4v) is 3.69. The third-order valence-electron chi connectivity index (χ3n) is 3.56. The molecule has 102 valence electrons. The first-order valence-corrected chi connectivity index (χ1v) is 7.62. The van der Waals surface area contributed by atoms with Crippen LogP contribution < -0.4 is 10.6 Å². The minimum atomic E-state index is 0.178. The predicted molar refractivity (Wildman–Crippen MR) is 77.4 cm³/mol. The SMILES string of the molecule is CCN(Cc1ccco1)c1nc2c(s1)C(N)CCC2. The zero-order chi connectivity index (χ0) is 13.2. The van der Waals surface area contributed by atoms with Gasteiger partial charge < -0.3 is 15.1 Å². The Kier molecular flexibility index (Phi) is 3.57. The van der Waals surface area contributed by atoms with Crippen LogP contribution in [0.5, 0.6) is 0 Å². The molecular formula is C14H19N3OS. The molecule has 0 radical (unpaired) electrons. The van der Waals surface area contributed by atoms with Crippen LogP contribution in [0.25, 0.3) is 0 Å². The molecule has 19 heavy (non-hydrogen) atoms. The summed E-state index contributed by atoms with van der Waals surface area (Å²) in [5, 5.41) is 1.07. The van der Waals surface area contributed by atoms with Gasteiger partial charge in [0.15, 0.2) is 5.13 Å². The number of anilines is 1. The number of fused-ring (bicyclic) bond motifs is 1. The molecule has 1 unspecified atom stereocenters. The van der Waals surface area contributed by atoms with E-state index in [0.29, 0.717) is 0 Å². The van der Waals surface area contributed by atoms with Crippen molar-refractivity contribution >= 4 is 16.5 Å². The van der Waals surface area contributed by atoms with Gasteiger partial charge in [0.2, 0.25) is 0 Å². The Bertz CT molecular complexity index is 535. The van der Waals surface area contributed by atoms with Crippen molar-refractivity contribution in [2.75, 3.05) is 11.4 Å². The molecule has 0 amide bonds. The summed E-state index contributed by atoms with van der Waals surface area (Å²) in [4.78, 5) is 8.30. The molecule has 2 N–H and O–H groups in total. The van der Waals surface area contributed by atoms with E-state index in [1.807, 2.05) is 12.1 Å². The van der Waals surface area contributed by atoms with E-state index in [1.165, 1.54) is 10.6 Å². The zero-order valence-corrected chi connectivity index (χ0v) is 11.9. The van der Waals surface area contributed by atoms with E-state index in [-0.39, 0.29) is 6.04 Å². The summed E-state index contributed by atoms with van der Waals surface area (Å²) < 4.78 is 5.42. The molecule has 2 aromatic rings. The van der Waals surface area contributed by atoms with Crippen molar-refractivity contribution in [2.45, 2.75) is 38.8 Å². The van der Waals surface area contributed by atoms with Crippen LogP contribution in [0.2, 0.25) is 0 Å². The van der Waals surface area contributed by atoms with E-state index < -0.39 is 0 Å². The molecular weight excluding hydrogens is 258 g/mol. The molecule has 4 nitrogen and oxygen atoms in total. The number of hydrogen-bond donors (Lipinski definition) is 1. The Balaban J connectivity index is 1.83. The summed E-state index contributed by atoms with van der Waals surface area (Å²) >= 11 is 1.75. The number of aromatic nitrogens is 1. The zero-order valence-electron chi connectivity index (χ0n) is 11.1. The lowest BCUT2D eigenvalue weighted by atomic mass is 9.99. The number of hydrogen-bond acceptors (Lipinski definition) is 5. The normalized spacial score (nSPS) is 18.3. The molecule has 0 aromatic carbocycles. The molecule has 0 spiro atoms. The van der Waals surface area contributed by atoms with E-state index in [4.69, 9.17) is 15.1 Å². The van der Waals surface area contributed by atoms with Gasteiger partial charge in [-0.05, 0) is 38.3 Å². The van der Waals surface area contributed by atoms with Crippen molar-refractivity contribution in [3.05, 3.63) is 34.7 Å². The van der Waals surface area contributed by atoms with Crippen molar-refractivity contribution in [3.8, 4) is 0 Å². The van der Waals surface area contributed by atoms with Gasteiger partial charge in [-0.1, -0.05) is 11.3 Å². The lowest BCUT2D eigenvalue weighted by Crippen LogP contribution is -2.21. The molecule has 2 heterocycles. The van der Waals surface area contributed by atoms with Crippen LogP contribution in [0, 0.1) is 0 Å². The molecule has 5 heteroatoms. The molecule has 0 aliphatic heterocycles. The monoisotopic (exact) mass is 277 g/mol. The lowest BCUT2D eigenvalue weighted by molar-refractivity contribution is 0.503. The second-order valence-electron chi connectivity index (χ2n) is 4.90. The van der Waals surface area contributed by atoms with Crippen LogP contribution >= 0.6 is 11.3 Å². The molecule has 1 aliphatic carbocycles. The molecule has 3 rings (SSSR count). The van der Waals surface area contributed by atoms with Crippen molar-refractivity contribution in [3.63, 3.8) is 0 Å². The Morgan fingerprint density at radius 2 is 2.47 bits per heavy atom. The number of aryl methyl sites for hydroxylation is 1. The van der Waals surface area contributed by atoms with Gasteiger partial charge in [-0.15, -0.1) is 0 Å². The van der Waals surface area contributed by atoms with Crippen molar-refractivity contribution in [1.29, 1.82) is 0 Å². The summed E-state index contributed by atoms with van der Waals surface area (Å²) in [6.45, 7) is 3.83. The van der Waals surface area contributed by atoms with Crippen LogP contribution in [0.3, 0.4) is 0 Å². The maximum Gasteiger partial charge on any atom is 0.186 e. The number of furan rings is 1. The van der Waals surface area contributed by atoms with E-state index in [9.17, 15) is 0 Å². The molecule has 0 saturated carbocycles. The van der Waals surface area contributed by atoms with Gasteiger partial charge in [0.05, 0.1) is 18.5 Å². The van der Waals surface area contributed by atoms with E-state index in [2.05, 4.69) is 11.8 Å². The van der Waals surface area contributed by atoms with Crippen molar-refractivity contribution in [2.24, 2.45) is 5.73 Å². The first-order valence-electron chi connectivity index (χ1n) is 6.80. The number of nitrogens with two attached hydrogens (primary N) is 1. The first kappa shape index (κ1) is 12.7. The maximum atomic E-state index is 6.17. The summed E-state index contributed by atoms with van der Waals surface area (Å²) in [5.74, 6) is 0.972. The van der Waals surface area contributed by atoms with E-state index in [1.54, 1.807) is 17.6 Å². The highest BCUT2D eigenvalue weighted by atomic mass is 32.1. The van der Waals surface area contributed by atoms with Crippen LogP contribution in [0.4, 0.5) is 5.13 Å². The number of rotatable bonds is 4. The largest absolute Gasteiger partial charge is 0.467 e. The Morgan fingerprint density at radius 3 is 3.16 bits per heavy atom. The second-order valence-corrected chi connectivity index (χ2v) is 5.91. The Labute approximate surface area is 117 Å². The molecule has 1 aliphatic rings. The fourth-order valence-electron chi connectivity index (χ4n) is 2.48. The van der Waals surface area contributed by atoms with Crippen LogP contribution in [-0.4, -0.2) is 11.5 Å². The summed E-state index contributed by atoms with van der Waals surface area (Å²) in [6, 6.07) is 4.10. The highest BCUT2D eigenvalue weighted by Crippen LogP contribution is 2.36. The predicted octanol–water partition coefficient (Wildman–Crippen LogP) is 3.10. The van der Waals surface area contributed by atoms with Gasteiger partial charge in [0.25, 0.3) is 0 Å². The van der Waals surface area contributed by atoms with E-state index in [0.717, 1.165) is 43.2 Å². The minimum absolute atomic E-state index is 0.178. The molecule has 0 fully saturated rings. The standard InChI is InChI=1S/C14H19N3OS/c1-2-17(9-10-5-4-8-18-10)14-16-12-7-3-6-11(15)13(12)19-14/h4-5,8,11H,2-3,6-7,9,15H2,1H3. The summed E-state index contributed by atoms with van der Waals surface area (Å²) in [5.41, 5.74) is 7.38. The average molecular weight is 277 g/mol. The minimum Gasteiger partial charge on any atom is -0.467 e. The van der Waals surface area contributed by atoms with Crippen molar-refractivity contribution in [1.82, 2.24) is 4.98 Å². The van der Waals surface area contributed by atoms with E-state index >= 15 is 0 Å². The number of thiazole rings is 1. The van der Waals surface area contributed by atoms with Gasteiger partial charge >= 0.3 is 0 Å². The van der Waals surface area contributed by atoms with Gasteiger partial charge in [0.1, 0.15) is 5.76 Å². The smallest absolute Gasteiger partial charge is 0.186 e. The molecule has 1 atom stereocenters. The average Bonchev–Trinajstić information content (AvgIpc) is 3.05. The Hall–Kier alpha value is -1.33. The molecule has 2 aromatic heterocycles. The topological polar surface area (TPSA) is 55.3 Å². The summed E-state index contributed by atoms with van der Waals surface area (Å²) in [7, 11) is 0. The highest BCUT2D eigenvalue weighted by molar-refractivity contribution is 7.15. The van der Waals surface area contributed by atoms with Gasteiger partial charge in [-0.25, -0.2) is 4.98 Å². The maximum absolute atomic E-state index is 6.17. The molecule has 0 saturated heterocycles. The van der Waals surface area contributed by atoms with Crippen LogP contribution in [0.15, 0.2) is 22.8 Å².